The van der Waals surface area contributed by atoms with Gasteiger partial charge in [0.2, 0.25) is 0 Å². The predicted molar refractivity (Wildman–Crippen MR) is 144 cm³/mol. The lowest BCUT2D eigenvalue weighted by Gasteiger charge is -2.30. The van der Waals surface area contributed by atoms with Gasteiger partial charge in [-0.15, -0.1) is 0 Å². The summed E-state index contributed by atoms with van der Waals surface area (Å²) in [5, 5.41) is 5.26. The van der Waals surface area contributed by atoms with E-state index in [4.69, 9.17) is 0 Å². The molecule has 0 fully saturated rings. The fourth-order valence-corrected chi connectivity index (χ4v) is 8.33. The summed E-state index contributed by atoms with van der Waals surface area (Å²) in [5.74, 6) is 0. The second-order valence-corrected chi connectivity index (χ2v) is 11.6. The van der Waals surface area contributed by atoms with E-state index < -0.39 is 7.14 Å². The van der Waals surface area contributed by atoms with Crippen LogP contribution in [0.15, 0.2) is 133 Å². The third-order valence-corrected chi connectivity index (χ3v) is 10.1. The van der Waals surface area contributed by atoms with E-state index in [0.29, 0.717) is 0 Å². The molecule has 2 heteroatoms. The van der Waals surface area contributed by atoms with E-state index >= 15 is 4.57 Å². The van der Waals surface area contributed by atoms with Gasteiger partial charge in [-0.05, 0) is 51.9 Å². The fourth-order valence-electron chi connectivity index (χ4n) is 5.23. The highest BCUT2D eigenvalue weighted by Gasteiger charge is 2.36. The van der Waals surface area contributed by atoms with Crippen LogP contribution in [0.1, 0.15) is 23.1 Å². The van der Waals surface area contributed by atoms with E-state index in [9.17, 15) is 0 Å². The molecule has 0 N–H and O–H groups in total. The van der Waals surface area contributed by atoms with Gasteiger partial charge < -0.3 is 4.57 Å². The fraction of sp³-hybridized carbons (Fsp3) is 0.0625. The molecule has 0 atom stereocenters. The van der Waals surface area contributed by atoms with Gasteiger partial charge >= 0.3 is 0 Å². The molecule has 5 aromatic carbocycles. The molecule has 0 unspecified atom stereocenters. The van der Waals surface area contributed by atoms with Gasteiger partial charge in [-0.3, -0.25) is 0 Å². The molecule has 1 aliphatic rings. The minimum Gasteiger partial charge on any atom is -0.309 e. The molecule has 0 spiro atoms. The summed E-state index contributed by atoms with van der Waals surface area (Å²) in [6.45, 7) is 0. The maximum absolute atomic E-state index is 15.4. The van der Waals surface area contributed by atoms with Crippen molar-refractivity contribution in [2.75, 3.05) is 0 Å². The Morgan fingerprint density at radius 3 is 1.82 bits per heavy atom. The monoisotopic (exact) mass is 456 g/mol. The van der Waals surface area contributed by atoms with Gasteiger partial charge in [0.25, 0.3) is 0 Å². The molecule has 1 aliphatic carbocycles. The zero-order valence-electron chi connectivity index (χ0n) is 18.9. The van der Waals surface area contributed by atoms with Gasteiger partial charge in [-0.1, -0.05) is 121 Å². The zero-order chi connectivity index (χ0) is 23.0. The van der Waals surface area contributed by atoms with Gasteiger partial charge in [-0.25, -0.2) is 0 Å². The van der Waals surface area contributed by atoms with Crippen LogP contribution >= 0.6 is 7.14 Å². The normalized spacial score (nSPS) is 13.6. The third kappa shape index (κ3) is 3.45. The average Bonchev–Trinajstić information content (AvgIpc) is 2.92. The van der Waals surface area contributed by atoms with E-state index in [1.54, 1.807) is 0 Å². The van der Waals surface area contributed by atoms with E-state index in [0.717, 1.165) is 39.9 Å². The Labute approximate surface area is 200 Å². The Balaban J connectivity index is 1.71. The Morgan fingerprint density at radius 2 is 1.12 bits per heavy atom. The number of allylic oxidation sites excluding steroid dienone is 1. The molecule has 0 bridgehead atoms. The summed E-state index contributed by atoms with van der Waals surface area (Å²) < 4.78 is 15.4. The maximum Gasteiger partial charge on any atom is 0.167 e. The summed E-state index contributed by atoms with van der Waals surface area (Å²) in [5.41, 5.74) is 4.78. The van der Waals surface area contributed by atoms with Crippen molar-refractivity contribution < 1.29 is 4.57 Å². The average molecular weight is 457 g/mol. The molecule has 0 heterocycles. The number of aryl methyl sites for hydroxylation is 1. The lowest BCUT2D eigenvalue weighted by atomic mass is 9.86. The number of hydrogen-bond acceptors (Lipinski definition) is 1. The predicted octanol–water partition coefficient (Wildman–Crippen LogP) is 7.56. The van der Waals surface area contributed by atoms with Crippen LogP contribution in [0.4, 0.5) is 0 Å². The standard InChI is InChI=1S/C32H25OP/c33-34(28-14-3-1-4-15-28,29-16-5-2-6-17-29)31-22-21-25-12-9-10-18-30(25)32(31)27-20-19-24-11-7-8-13-26(24)23-27/h1-20,23H,21-22H2. The van der Waals surface area contributed by atoms with Gasteiger partial charge in [0.15, 0.2) is 7.14 Å². The van der Waals surface area contributed by atoms with Crippen molar-refractivity contribution in [3.63, 3.8) is 0 Å². The van der Waals surface area contributed by atoms with E-state index in [-0.39, 0.29) is 0 Å². The summed E-state index contributed by atoms with van der Waals surface area (Å²) in [6, 6.07) is 43.8. The van der Waals surface area contributed by atoms with Crippen LogP contribution in [0, 0.1) is 0 Å². The molecule has 0 saturated heterocycles. The molecule has 0 aromatic heterocycles. The molecule has 34 heavy (non-hydrogen) atoms. The van der Waals surface area contributed by atoms with Crippen LogP contribution in [0.3, 0.4) is 0 Å². The minimum atomic E-state index is -3.06. The second kappa shape index (κ2) is 8.60. The number of rotatable bonds is 4. The van der Waals surface area contributed by atoms with Crippen molar-refractivity contribution in [2.45, 2.75) is 12.8 Å². The summed E-state index contributed by atoms with van der Waals surface area (Å²) in [6.07, 6.45) is 1.67. The maximum atomic E-state index is 15.4. The summed E-state index contributed by atoms with van der Waals surface area (Å²) >= 11 is 0. The van der Waals surface area contributed by atoms with E-state index in [2.05, 4.69) is 66.7 Å². The molecule has 164 valence electrons. The van der Waals surface area contributed by atoms with Crippen molar-refractivity contribution in [1.82, 2.24) is 0 Å². The molecular weight excluding hydrogens is 431 g/mol. The second-order valence-electron chi connectivity index (χ2n) is 8.82. The first kappa shape index (κ1) is 20.9. The lowest BCUT2D eigenvalue weighted by Crippen LogP contribution is -2.20. The molecule has 5 aromatic rings. The smallest absolute Gasteiger partial charge is 0.167 e. The van der Waals surface area contributed by atoms with Crippen LogP contribution in [-0.2, 0) is 11.0 Å². The van der Waals surface area contributed by atoms with E-state index in [1.165, 1.54) is 21.9 Å². The first-order valence-corrected chi connectivity index (χ1v) is 13.5. The molecule has 6 rings (SSSR count). The van der Waals surface area contributed by atoms with Crippen molar-refractivity contribution in [3.8, 4) is 0 Å². The van der Waals surface area contributed by atoms with Crippen molar-refractivity contribution in [2.24, 2.45) is 0 Å². The van der Waals surface area contributed by atoms with Crippen LogP contribution in [0.2, 0.25) is 0 Å². The van der Waals surface area contributed by atoms with Crippen LogP contribution in [0.25, 0.3) is 16.3 Å². The minimum absolute atomic E-state index is 0.778. The quantitative estimate of drug-likeness (QED) is 0.255. The Hall–Kier alpha value is -3.67. The van der Waals surface area contributed by atoms with Crippen molar-refractivity contribution in [1.29, 1.82) is 0 Å². The largest absolute Gasteiger partial charge is 0.309 e. The van der Waals surface area contributed by atoms with Gasteiger partial charge in [0.05, 0.1) is 0 Å². The number of benzene rings is 5. The third-order valence-electron chi connectivity index (χ3n) is 6.86. The molecule has 0 aliphatic heterocycles. The molecule has 0 radical (unpaired) electrons. The molecular formula is C32H25OP. The Morgan fingerprint density at radius 1 is 0.529 bits per heavy atom. The highest BCUT2D eigenvalue weighted by atomic mass is 31.2. The highest BCUT2D eigenvalue weighted by Crippen LogP contribution is 2.58. The van der Waals surface area contributed by atoms with Gasteiger partial charge in [0.1, 0.15) is 0 Å². The molecule has 0 saturated carbocycles. The summed E-state index contributed by atoms with van der Waals surface area (Å²) in [7, 11) is -3.06. The van der Waals surface area contributed by atoms with Gasteiger partial charge in [0, 0.05) is 15.9 Å². The van der Waals surface area contributed by atoms with Crippen molar-refractivity contribution in [3.05, 3.63) is 149 Å². The van der Waals surface area contributed by atoms with Crippen molar-refractivity contribution >= 4 is 34.1 Å². The highest BCUT2D eigenvalue weighted by molar-refractivity contribution is 7.82. The topological polar surface area (TPSA) is 17.1 Å². The van der Waals surface area contributed by atoms with Crippen LogP contribution in [-0.4, -0.2) is 0 Å². The Kier molecular flexibility index (Phi) is 5.28. The molecule has 1 nitrogen and oxygen atoms in total. The Bertz CT molecular complexity index is 1520. The van der Waals surface area contributed by atoms with Crippen LogP contribution < -0.4 is 10.6 Å². The number of hydrogen-bond donors (Lipinski definition) is 0. The van der Waals surface area contributed by atoms with Gasteiger partial charge in [-0.2, -0.15) is 0 Å². The number of fused-ring (bicyclic) bond motifs is 2. The van der Waals surface area contributed by atoms with Crippen LogP contribution in [0.5, 0.6) is 0 Å². The first-order chi connectivity index (χ1) is 16.7. The lowest BCUT2D eigenvalue weighted by molar-refractivity contribution is 0.589. The molecule has 0 amide bonds. The summed E-state index contributed by atoms with van der Waals surface area (Å²) in [4.78, 5) is 0. The first-order valence-electron chi connectivity index (χ1n) is 11.8. The van der Waals surface area contributed by atoms with E-state index in [1.807, 2.05) is 60.7 Å². The SMILES string of the molecule is O=P(C1=C(c2ccc3ccccc3c2)c2ccccc2CC1)(c1ccccc1)c1ccccc1. The zero-order valence-corrected chi connectivity index (χ0v) is 19.8.